The minimum absolute atomic E-state index is 0.302. The zero-order valence-electron chi connectivity index (χ0n) is 11.5. The Morgan fingerprint density at radius 2 is 1.90 bits per heavy atom. The van der Waals surface area contributed by atoms with Gasteiger partial charge in [-0.3, -0.25) is 13.9 Å². The first-order chi connectivity index (χ1) is 9.99. The minimum Gasteiger partial charge on any atom is -0.398 e. The summed E-state index contributed by atoms with van der Waals surface area (Å²) >= 11 is 1.31. The number of H-pyrrole nitrogens is 1. The number of nitrogens with one attached hydrogen (secondary N) is 1. The Morgan fingerprint density at radius 1 is 1.19 bits per heavy atom. The monoisotopic (exact) mass is 303 g/mol. The molecule has 0 saturated heterocycles. The molecule has 0 atom stereocenters. The number of fused-ring (bicyclic) bond motifs is 1. The second-order valence-corrected chi connectivity index (χ2v) is 5.62. The highest BCUT2D eigenvalue weighted by atomic mass is 32.2. The highest BCUT2D eigenvalue weighted by Gasteiger charge is 2.14. The van der Waals surface area contributed by atoms with Gasteiger partial charge < -0.3 is 10.7 Å². The van der Waals surface area contributed by atoms with Crippen molar-refractivity contribution in [1.82, 2.24) is 19.1 Å². The van der Waals surface area contributed by atoms with Crippen LogP contribution < -0.4 is 17.0 Å². The van der Waals surface area contributed by atoms with Crippen molar-refractivity contribution >= 4 is 28.6 Å². The SMILES string of the molecule is Cn1c(=O)c2[nH]c(Sc3ccccc3N)nc2n(C)c1=O. The highest BCUT2D eigenvalue weighted by Crippen LogP contribution is 2.30. The van der Waals surface area contributed by atoms with E-state index in [-0.39, 0.29) is 0 Å². The summed E-state index contributed by atoms with van der Waals surface area (Å²) in [6.45, 7) is 0. The highest BCUT2D eigenvalue weighted by molar-refractivity contribution is 7.99. The molecule has 1 aromatic carbocycles. The number of hydrogen-bond donors (Lipinski definition) is 2. The normalized spacial score (nSPS) is 11.1. The van der Waals surface area contributed by atoms with E-state index in [0.717, 1.165) is 9.46 Å². The standard InChI is InChI=1S/C13H13N5O2S/c1-17-10-9(11(19)18(2)13(17)20)15-12(16-10)21-8-6-4-3-5-7(8)14/h3-6H,14H2,1-2H3,(H,15,16). The minimum atomic E-state index is -0.408. The van der Waals surface area contributed by atoms with Crippen LogP contribution in [0.25, 0.3) is 11.2 Å². The molecule has 2 heterocycles. The van der Waals surface area contributed by atoms with Crippen LogP contribution >= 0.6 is 11.8 Å². The summed E-state index contributed by atoms with van der Waals surface area (Å²) < 4.78 is 2.39. The van der Waals surface area contributed by atoms with E-state index in [1.165, 1.54) is 23.4 Å². The van der Waals surface area contributed by atoms with E-state index >= 15 is 0 Å². The van der Waals surface area contributed by atoms with Crippen LogP contribution in [-0.2, 0) is 14.1 Å². The van der Waals surface area contributed by atoms with E-state index in [1.54, 1.807) is 13.1 Å². The fourth-order valence-electron chi connectivity index (χ4n) is 2.03. The van der Waals surface area contributed by atoms with Gasteiger partial charge in [-0.05, 0) is 23.9 Å². The molecular weight excluding hydrogens is 290 g/mol. The van der Waals surface area contributed by atoms with E-state index in [0.29, 0.717) is 22.0 Å². The molecule has 0 bridgehead atoms. The van der Waals surface area contributed by atoms with Crippen molar-refractivity contribution in [1.29, 1.82) is 0 Å². The van der Waals surface area contributed by atoms with Crippen LogP contribution in [0, 0.1) is 0 Å². The number of nitrogen functional groups attached to an aromatic ring is 1. The third kappa shape index (κ3) is 2.13. The van der Waals surface area contributed by atoms with Crippen LogP contribution in [0.4, 0.5) is 5.69 Å². The molecule has 0 radical (unpaired) electrons. The summed E-state index contributed by atoms with van der Waals surface area (Å²) in [4.78, 5) is 32.0. The van der Waals surface area contributed by atoms with Crippen LogP contribution in [0.15, 0.2) is 43.9 Å². The molecule has 0 unspecified atom stereocenters. The Labute approximate surface area is 123 Å². The smallest absolute Gasteiger partial charge is 0.332 e. The van der Waals surface area contributed by atoms with Crippen molar-refractivity contribution in [3.8, 4) is 0 Å². The molecular formula is C13H13N5O2S. The zero-order chi connectivity index (χ0) is 15.1. The number of nitrogens with zero attached hydrogens (tertiary/aromatic N) is 3. The van der Waals surface area contributed by atoms with E-state index in [9.17, 15) is 9.59 Å². The molecule has 3 rings (SSSR count). The number of nitrogens with two attached hydrogens (primary N) is 1. The van der Waals surface area contributed by atoms with Gasteiger partial charge in [-0.2, -0.15) is 0 Å². The van der Waals surface area contributed by atoms with Crippen molar-refractivity contribution < 1.29 is 0 Å². The molecule has 21 heavy (non-hydrogen) atoms. The maximum absolute atomic E-state index is 12.1. The molecule has 0 aliphatic heterocycles. The number of para-hydroxylation sites is 1. The average molecular weight is 303 g/mol. The molecule has 0 aliphatic carbocycles. The Kier molecular flexibility index (Phi) is 3.09. The number of aromatic amines is 1. The van der Waals surface area contributed by atoms with Gasteiger partial charge in [0.25, 0.3) is 5.56 Å². The molecule has 0 spiro atoms. The van der Waals surface area contributed by atoms with E-state index in [4.69, 9.17) is 5.73 Å². The van der Waals surface area contributed by atoms with Gasteiger partial charge in [0.2, 0.25) is 0 Å². The first kappa shape index (κ1) is 13.5. The number of benzene rings is 1. The predicted molar refractivity (Wildman–Crippen MR) is 81.6 cm³/mol. The second kappa shape index (κ2) is 4.81. The second-order valence-electron chi connectivity index (χ2n) is 4.59. The maximum atomic E-state index is 12.1. The summed E-state index contributed by atoms with van der Waals surface area (Å²) in [6.07, 6.45) is 0. The fraction of sp³-hybridized carbons (Fsp3) is 0.154. The maximum Gasteiger partial charge on any atom is 0.332 e. The first-order valence-corrected chi connectivity index (χ1v) is 6.99. The van der Waals surface area contributed by atoms with Gasteiger partial charge in [0.15, 0.2) is 16.3 Å². The zero-order valence-corrected chi connectivity index (χ0v) is 12.3. The molecule has 3 aromatic rings. The molecule has 0 fully saturated rings. The van der Waals surface area contributed by atoms with Crippen molar-refractivity contribution in [2.75, 3.05) is 5.73 Å². The number of aryl methyl sites for hydroxylation is 1. The summed E-state index contributed by atoms with van der Waals surface area (Å²) in [7, 11) is 3.02. The summed E-state index contributed by atoms with van der Waals surface area (Å²) in [5.74, 6) is 0. The van der Waals surface area contributed by atoms with Crippen LogP contribution in [-0.4, -0.2) is 19.1 Å². The molecule has 0 aliphatic rings. The van der Waals surface area contributed by atoms with Gasteiger partial charge in [0, 0.05) is 24.7 Å². The third-order valence-corrected chi connectivity index (χ3v) is 4.18. The third-order valence-electron chi connectivity index (χ3n) is 3.20. The Morgan fingerprint density at radius 3 is 2.62 bits per heavy atom. The van der Waals surface area contributed by atoms with E-state index in [2.05, 4.69) is 9.97 Å². The topological polar surface area (TPSA) is 98.7 Å². The number of imidazole rings is 1. The van der Waals surface area contributed by atoms with Crippen molar-refractivity contribution in [2.45, 2.75) is 10.1 Å². The van der Waals surface area contributed by atoms with Crippen LogP contribution in [0.1, 0.15) is 0 Å². The number of anilines is 1. The van der Waals surface area contributed by atoms with Crippen LogP contribution in [0.5, 0.6) is 0 Å². The number of rotatable bonds is 2. The van der Waals surface area contributed by atoms with Gasteiger partial charge in [-0.25, -0.2) is 9.78 Å². The molecule has 8 heteroatoms. The summed E-state index contributed by atoms with van der Waals surface area (Å²) in [6, 6.07) is 7.37. The quantitative estimate of drug-likeness (QED) is 0.679. The number of hydrogen-bond acceptors (Lipinski definition) is 5. The lowest BCUT2D eigenvalue weighted by Crippen LogP contribution is -2.36. The van der Waals surface area contributed by atoms with Gasteiger partial charge in [-0.15, -0.1) is 0 Å². The van der Waals surface area contributed by atoms with Gasteiger partial charge in [-0.1, -0.05) is 12.1 Å². The predicted octanol–water partition coefficient (Wildman–Crippen LogP) is 0.694. The van der Waals surface area contributed by atoms with E-state index in [1.807, 2.05) is 18.2 Å². The lowest BCUT2D eigenvalue weighted by Gasteiger charge is -2.01. The van der Waals surface area contributed by atoms with Crippen LogP contribution in [0.2, 0.25) is 0 Å². The fourth-order valence-corrected chi connectivity index (χ4v) is 2.86. The average Bonchev–Trinajstić information content (AvgIpc) is 2.89. The molecule has 0 saturated carbocycles. The van der Waals surface area contributed by atoms with Crippen LogP contribution in [0.3, 0.4) is 0 Å². The van der Waals surface area contributed by atoms with Crippen molar-refractivity contribution in [3.05, 3.63) is 45.1 Å². The van der Waals surface area contributed by atoms with Gasteiger partial charge in [0.05, 0.1) is 0 Å². The number of aromatic nitrogens is 4. The Hall–Kier alpha value is -2.48. The molecule has 108 valence electrons. The molecule has 3 N–H and O–H groups in total. The Bertz CT molecular complexity index is 953. The van der Waals surface area contributed by atoms with E-state index < -0.39 is 11.2 Å². The van der Waals surface area contributed by atoms with Crippen molar-refractivity contribution in [3.63, 3.8) is 0 Å². The molecule has 0 amide bonds. The first-order valence-electron chi connectivity index (χ1n) is 6.17. The lowest BCUT2D eigenvalue weighted by molar-refractivity contribution is 0.708. The van der Waals surface area contributed by atoms with Gasteiger partial charge >= 0.3 is 5.69 Å². The summed E-state index contributed by atoms with van der Waals surface area (Å²) in [5, 5.41) is 0.515. The van der Waals surface area contributed by atoms with Crippen molar-refractivity contribution in [2.24, 2.45) is 14.1 Å². The Balaban J connectivity index is 2.17. The lowest BCUT2D eigenvalue weighted by atomic mass is 10.3. The molecule has 7 nitrogen and oxygen atoms in total. The molecule has 2 aromatic heterocycles. The summed E-state index contributed by atoms with van der Waals surface area (Å²) in [5.41, 5.74) is 6.35. The largest absolute Gasteiger partial charge is 0.398 e. The van der Waals surface area contributed by atoms with Gasteiger partial charge in [0.1, 0.15) is 0 Å².